The van der Waals surface area contributed by atoms with E-state index in [-0.39, 0.29) is 0 Å². The van der Waals surface area contributed by atoms with E-state index in [9.17, 15) is 30.1 Å². The second kappa shape index (κ2) is 2.45. The van der Waals surface area contributed by atoms with Crippen molar-refractivity contribution >= 4 is 13.8 Å². The standard InChI is InChI=1S/C2HAsF6O2/c4-1(5,6)3(10,11)2(7,8)9/h(H,10,11). The van der Waals surface area contributed by atoms with Crippen LogP contribution in [0.5, 0.6) is 0 Å². The monoisotopic (exact) mass is 246 g/mol. The molecule has 0 atom stereocenters. The van der Waals surface area contributed by atoms with Gasteiger partial charge in [0.25, 0.3) is 0 Å². The number of hydrogen-bond donors (Lipinski definition) is 1. The van der Waals surface area contributed by atoms with Crippen LogP contribution in [0.1, 0.15) is 0 Å². The van der Waals surface area contributed by atoms with E-state index >= 15 is 0 Å². The Kier molecular flexibility index (Phi) is 2.42. The third-order valence-electron chi connectivity index (χ3n) is 0.687. The van der Waals surface area contributed by atoms with Crippen molar-refractivity contribution < 1.29 is 34.2 Å². The van der Waals surface area contributed by atoms with E-state index in [1.165, 1.54) is 0 Å². The fourth-order valence-corrected chi connectivity index (χ4v) is 0.747. The molecule has 0 rings (SSSR count). The van der Waals surface area contributed by atoms with Crippen molar-refractivity contribution in [2.24, 2.45) is 0 Å². The van der Waals surface area contributed by atoms with Crippen LogP contribution in [0.4, 0.5) is 26.3 Å². The molecule has 11 heavy (non-hydrogen) atoms. The summed E-state index contributed by atoms with van der Waals surface area (Å²) in [6, 6.07) is 0. The molecule has 0 radical (unpaired) electrons. The molecule has 0 amide bonds. The molecule has 0 saturated heterocycles. The topological polar surface area (TPSA) is 37.3 Å². The fraction of sp³-hybridized carbons (Fsp3) is 1.00. The zero-order valence-electron chi connectivity index (χ0n) is 4.57. The Morgan fingerprint density at radius 3 is 1.09 bits per heavy atom. The molecule has 0 unspecified atom stereocenters. The van der Waals surface area contributed by atoms with Gasteiger partial charge in [-0.1, -0.05) is 0 Å². The molecule has 68 valence electrons. The molecule has 0 bridgehead atoms. The normalized spacial score (nSPS) is 15.2. The summed E-state index contributed by atoms with van der Waals surface area (Å²) in [5.41, 5.74) is 0. The van der Waals surface area contributed by atoms with Crippen molar-refractivity contribution in [3.05, 3.63) is 0 Å². The van der Waals surface area contributed by atoms with Gasteiger partial charge in [0, 0.05) is 0 Å². The van der Waals surface area contributed by atoms with Crippen LogP contribution in [-0.4, -0.2) is 27.9 Å². The molecule has 2 nitrogen and oxygen atoms in total. The first kappa shape index (κ1) is 10.9. The Bertz CT molecular complexity index is 172. The van der Waals surface area contributed by atoms with Crippen molar-refractivity contribution in [2.45, 2.75) is 9.93 Å². The number of alkyl halides is 6. The summed E-state index contributed by atoms with van der Waals surface area (Å²) in [6.07, 6.45) is 0. The summed E-state index contributed by atoms with van der Waals surface area (Å²) in [5, 5.41) is 0. The predicted molar refractivity (Wildman–Crippen MR) is 20.8 cm³/mol. The predicted octanol–water partition coefficient (Wildman–Crippen LogP) is 1.05. The maximum absolute atomic E-state index is 11.1. The molecule has 1 N–H and O–H groups in total. The molecule has 0 aromatic heterocycles. The molecule has 0 saturated carbocycles. The van der Waals surface area contributed by atoms with Crippen molar-refractivity contribution in [3.63, 3.8) is 0 Å². The SMILES string of the molecule is O=[As](O)(C(F)(F)F)C(F)(F)F. The second-order valence-corrected chi connectivity index (χ2v) is 6.06. The molecule has 0 aromatic rings. The summed E-state index contributed by atoms with van der Waals surface area (Å²) in [4.78, 5) is -12.1. The molecule has 0 heterocycles. The summed E-state index contributed by atoms with van der Waals surface area (Å²) in [7, 11) is 0. The van der Waals surface area contributed by atoms with Crippen LogP contribution in [0.2, 0.25) is 0 Å². The van der Waals surface area contributed by atoms with Crippen LogP contribution in [0.25, 0.3) is 0 Å². The average molecular weight is 246 g/mol. The van der Waals surface area contributed by atoms with Crippen LogP contribution in [-0.2, 0) is 3.74 Å². The van der Waals surface area contributed by atoms with Gasteiger partial charge in [-0.05, 0) is 0 Å². The van der Waals surface area contributed by atoms with Crippen molar-refractivity contribution in [2.75, 3.05) is 0 Å². The summed E-state index contributed by atoms with van der Waals surface area (Å²) >= 11 is -7.71. The van der Waals surface area contributed by atoms with Gasteiger partial charge < -0.3 is 0 Å². The minimum atomic E-state index is -7.71. The van der Waals surface area contributed by atoms with Crippen LogP contribution >= 0.6 is 0 Å². The third kappa shape index (κ3) is 1.93. The molecule has 0 spiro atoms. The van der Waals surface area contributed by atoms with E-state index in [2.05, 4.69) is 0 Å². The van der Waals surface area contributed by atoms with Gasteiger partial charge in [0.15, 0.2) is 0 Å². The van der Waals surface area contributed by atoms with Gasteiger partial charge in [-0.2, -0.15) is 0 Å². The van der Waals surface area contributed by atoms with Gasteiger partial charge in [-0.25, -0.2) is 0 Å². The van der Waals surface area contributed by atoms with E-state index in [1.807, 2.05) is 0 Å². The molecule has 0 fully saturated rings. The second-order valence-electron chi connectivity index (χ2n) is 1.51. The van der Waals surface area contributed by atoms with E-state index < -0.39 is 23.8 Å². The maximum atomic E-state index is 11.1. The van der Waals surface area contributed by atoms with Gasteiger partial charge in [-0.15, -0.1) is 0 Å². The van der Waals surface area contributed by atoms with Crippen LogP contribution in [0.15, 0.2) is 0 Å². The molecule has 0 aliphatic heterocycles. The van der Waals surface area contributed by atoms with Gasteiger partial charge in [0.1, 0.15) is 0 Å². The van der Waals surface area contributed by atoms with Gasteiger partial charge in [-0.3, -0.25) is 0 Å². The zero-order chi connectivity index (χ0) is 9.50. The zero-order valence-corrected chi connectivity index (χ0v) is 6.45. The van der Waals surface area contributed by atoms with Crippen molar-refractivity contribution in [1.29, 1.82) is 0 Å². The van der Waals surface area contributed by atoms with Crippen LogP contribution in [0, 0.1) is 0 Å². The van der Waals surface area contributed by atoms with E-state index in [0.717, 1.165) is 0 Å². The van der Waals surface area contributed by atoms with Gasteiger partial charge in [0.05, 0.1) is 0 Å². The van der Waals surface area contributed by atoms with Gasteiger partial charge >= 0.3 is 57.9 Å². The molecule has 9 heteroatoms. The van der Waals surface area contributed by atoms with E-state index in [4.69, 9.17) is 4.10 Å². The summed E-state index contributed by atoms with van der Waals surface area (Å²) in [5.74, 6) is 0. The Labute approximate surface area is 58.8 Å². The Hall–Kier alpha value is -0.102. The molecular formula is C2HAsF6O2. The van der Waals surface area contributed by atoms with E-state index in [1.54, 1.807) is 0 Å². The average Bonchev–Trinajstić information content (AvgIpc) is 1.58. The molecular weight excluding hydrogens is 245 g/mol. The third-order valence-corrected chi connectivity index (χ3v) is 3.57. The molecule has 0 aliphatic carbocycles. The van der Waals surface area contributed by atoms with E-state index in [0.29, 0.717) is 0 Å². The van der Waals surface area contributed by atoms with Gasteiger partial charge in [0.2, 0.25) is 0 Å². The summed E-state index contributed by atoms with van der Waals surface area (Å²) < 4.78 is 83.9. The number of halogens is 6. The molecule has 0 aliphatic rings. The van der Waals surface area contributed by atoms with Crippen molar-refractivity contribution in [1.82, 2.24) is 0 Å². The quantitative estimate of drug-likeness (QED) is 0.512. The fourth-order valence-electron chi connectivity index (χ4n) is 0.144. The first-order chi connectivity index (χ1) is 4.50. The number of hydrogen-bond acceptors (Lipinski definition) is 1. The van der Waals surface area contributed by atoms with Crippen LogP contribution < -0.4 is 0 Å². The number of rotatable bonds is 0. The van der Waals surface area contributed by atoms with Crippen LogP contribution in [0.3, 0.4) is 0 Å². The minimum absolute atomic E-state index is 6.07. The summed E-state index contributed by atoms with van der Waals surface area (Å²) in [6.45, 7) is 0. The van der Waals surface area contributed by atoms with Crippen molar-refractivity contribution in [3.8, 4) is 0 Å². The Morgan fingerprint density at radius 2 is 1.09 bits per heavy atom. The first-order valence-corrected chi connectivity index (χ1v) is 5.45. The molecule has 0 aromatic carbocycles. The Balaban J connectivity index is 4.92. The Morgan fingerprint density at radius 1 is 0.909 bits per heavy atom. The first-order valence-electron chi connectivity index (χ1n) is 1.96.